The van der Waals surface area contributed by atoms with E-state index >= 15 is 0 Å². The Kier molecular flexibility index (Phi) is 6.94. The number of hydrogen-bond donors (Lipinski definition) is 2. The summed E-state index contributed by atoms with van der Waals surface area (Å²) in [6.07, 6.45) is 0. The molecule has 0 aliphatic heterocycles. The molecule has 1 aromatic heterocycles. The van der Waals surface area contributed by atoms with Gasteiger partial charge >= 0.3 is 0 Å². The van der Waals surface area contributed by atoms with E-state index in [0.717, 1.165) is 22.4 Å². The Morgan fingerprint density at radius 1 is 0.875 bits per heavy atom. The largest absolute Gasteiger partial charge is 0.325 e. The van der Waals surface area contributed by atoms with E-state index in [1.807, 2.05) is 73.7 Å². The summed E-state index contributed by atoms with van der Waals surface area (Å²) in [6.45, 7) is 1.97. The van der Waals surface area contributed by atoms with E-state index in [1.54, 1.807) is 12.1 Å². The standard InChI is InChI=1S/C24H20N4O2S2/c1-16-6-5-9-20(14-16)25-21(29)15-31-24-28-27-23(32-24)26-22(30)19-12-10-18(11-13-19)17-7-3-2-4-8-17/h2-14H,15H2,1H3,(H,25,29)(H,26,27,30). The summed E-state index contributed by atoms with van der Waals surface area (Å²) >= 11 is 2.51. The van der Waals surface area contributed by atoms with Gasteiger partial charge in [0, 0.05) is 11.3 Å². The molecule has 0 fully saturated rings. The molecule has 0 aliphatic carbocycles. The van der Waals surface area contributed by atoms with Gasteiger partial charge in [0.1, 0.15) is 0 Å². The van der Waals surface area contributed by atoms with Crippen molar-refractivity contribution >= 4 is 45.7 Å². The first-order chi connectivity index (χ1) is 15.6. The summed E-state index contributed by atoms with van der Waals surface area (Å²) in [5, 5.41) is 14.1. The summed E-state index contributed by atoms with van der Waals surface area (Å²) < 4.78 is 0.610. The maximum absolute atomic E-state index is 12.5. The molecule has 0 radical (unpaired) electrons. The monoisotopic (exact) mass is 460 g/mol. The van der Waals surface area contributed by atoms with Crippen LogP contribution in [0.5, 0.6) is 0 Å². The van der Waals surface area contributed by atoms with Gasteiger partial charge in [0.15, 0.2) is 4.34 Å². The summed E-state index contributed by atoms with van der Waals surface area (Å²) in [5.74, 6) is -0.174. The van der Waals surface area contributed by atoms with Gasteiger partial charge in [0.25, 0.3) is 5.91 Å². The fraction of sp³-hybridized carbons (Fsp3) is 0.0833. The Labute approximate surface area is 194 Å². The van der Waals surface area contributed by atoms with Crippen LogP contribution in [-0.4, -0.2) is 27.8 Å². The number of aromatic nitrogens is 2. The van der Waals surface area contributed by atoms with Gasteiger partial charge in [-0.05, 0) is 47.9 Å². The third kappa shape index (κ3) is 5.81. The van der Waals surface area contributed by atoms with Crippen LogP contribution in [0.2, 0.25) is 0 Å². The second-order valence-electron chi connectivity index (χ2n) is 6.98. The van der Waals surface area contributed by atoms with E-state index in [1.165, 1.54) is 23.1 Å². The summed E-state index contributed by atoms with van der Waals surface area (Å²) in [6, 6.07) is 25.0. The number of carbonyl (C=O) groups is 2. The Hall–Kier alpha value is -3.49. The van der Waals surface area contributed by atoms with E-state index in [9.17, 15) is 9.59 Å². The van der Waals surface area contributed by atoms with Crippen molar-refractivity contribution in [3.8, 4) is 11.1 Å². The zero-order chi connectivity index (χ0) is 22.3. The number of amides is 2. The van der Waals surface area contributed by atoms with Crippen LogP contribution >= 0.6 is 23.1 Å². The normalized spacial score (nSPS) is 10.5. The first-order valence-electron chi connectivity index (χ1n) is 9.86. The van der Waals surface area contributed by atoms with Gasteiger partial charge in [-0.2, -0.15) is 0 Å². The number of thioether (sulfide) groups is 1. The second-order valence-corrected chi connectivity index (χ2v) is 9.18. The third-order valence-electron chi connectivity index (χ3n) is 4.51. The zero-order valence-corrected chi connectivity index (χ0v) is 18.9. The first-order valence-corrected chi connectivity index (χ1v) is 11.7. The summed E-state index contributed by atoms with van der Waals surface area (Å²) in [5.41, 5.74) is 4.51. The molecule has 4 rings (SSSR count). The molecule has 0 spiro atoms. The van der Waals surface area contributed by atoms with E-state index in [-0.39, 0.29) is 17.6 Å². The third-order valence-corrected chi connectivity index (χ3v) is 6.48. The van der Waals surface area contributed by atoms with Crippen molar-refractivity contribution in [3.05, 3.63) is 90.0 Å². The smallest absolute Gasteiger partial charge is 0.257 e. The highest BCUT2D eigenvalue weighted by atomic mass is 32.2. The molecule has 32 heavy (non-hydrogen) atoms. The molecule has 4 aromatic rings. The van der Waals surface area contributed by atoms with Crippen LogP contribution in [0.1, 0.15) is 15.9 Å². The lowest BCUT2D eigenvalue weighted by Crippen LogP contribution is -2.13. The van der Waals surface area contributed by atoms with Crippen LogP contribution in [0.25, 0.3) is 11.1 Å². The van der Waals surface area contributed by atoms with Gasteiger partial charge in [-0.15, -0.1) is 10.2 Å². The minimum absolute atomic E-state index is 0.125. The molecule has 0 bridgehead atoms. The SMILES string of the molecule is Cc1cccc(NC(=O)CSc2nnc(NC(=O)c3ccc(-c4ccccc4)cc3)s2)c1. The summed E-state index contributed by atoms with van der Waals surface area (Å²) in [7, 11) is 0. The number of anilines is 2. The minimum atomic E-state index is -0.255. The van der Waals surface area contributed by atoms with Crippen LogP contribution in [0.3, 0.4) is 0 Å². The average molecular weight is 461 g/mol. The summed E-state index contributed by atoms with van der Waals surface area (Å²) in [4.78, 5) is 24.7. The van der Waals surface area contributed by atoms with Gasteiger partial charge in [-0.1, -0.05) is 77.7 Å². The Morgan fingerprint density at radius 3 is 2.38 bits per heavy atom. The number of nitrogens with one attached hydrogen (secondary N) is 2. The van der Waals surface area contributed by atoms with E-state index in [2.05, 4.69) is 20.8 Å². The molecule has 8 heteroatoms. The molecule has 160 valence electrons. The lowest BCUT2D eigenvalue weighted by atomic mass is 10.0. The fourth-order valence-electron chi connectivity index (χ4n) is 2.98. The molecule has 2 N–H and O–H groups in total. The van der Waals surface area contributed by atoms with Crippen LogP contribution in [-0.2, 0) is 4.79 Å². The number of aryl methyl sites for hydroxylation is 1. The van der Waals surface area contributed by atoms with E-state index < -0.39 is 0 Å². The molecule has 0 aliphatic rings. The van der Waals surface area contributed by atoms with Gasteiger partial charge < -0.3 is 5.32 Å². The van der Waals surface area contributed by atoms with E-state index in [0.29, 0.717) is 15.0 Å². The maximum Gasteiger partial charge on any atom is 0.257 e. The molecule has 0 saturated heterocycles. The number of nitrogens with zero attached hydrogens (tertiary/aromatic N) is 2. The number of hydrogen-bond acceptors (Lipinski definition) is 6. The predicted molar refractivity (Wildman–Crippen MR) is 130 cm³/mol. The number of carbonyl (C=O) groups excluding carboxylic acids is 2. The van der Waals surface area contributed by atoms with Crippen molar-refractivity contribution in [2.24, 2.45) is 0 Å². The molecular weight excluding hydrogens is 440 g/mol. The van der Waals surface area contributed by atoms with Crippen molar-refractivity contribution in [3.63, 3.8) is 0 Å². The Morgan fingerprint density at radius 2 is 1.62 bits per heavy atom. The average Bonchev–Trinajstić information content (AvgIpc) is 3.26. The Bertz CT molecular complexity index is 1220. The molecule has 6 nitrogen and oxygen atoms in total. The topological polar surface area (TPSA) is 84.0 Å². The molecule has 0 saturated carbocycles. The predicted octanol–water partition coefficient (Wildman–Crippen LogP) is 5.50. The lowest BCUT2D eigenvalue weighted by Gasteiger charge is -2.05. The maximum atomic E-state index is 12.5. The van der Waals surface area contributed by atoms with Crippen molar-refractivity contribution in [1.29, 1.82) is 0 Å². The Balaban J connectivity index is 1.30. The zero-order valence-electron chi connectivity index (χ0n) is 17.2. The molecule has 2 amide bonds. The van der Waals surface area contributed by atoms with Crippen LogP contribution in [0, 0.1) is 6.92 Å². The molecule has 3 aromatic carbocycles. The number of benzene rings is 3. The van der Waals surface area contributed by atoms with Gasteiger partial charge in [0.05, 0.1) is 5.75 Å². The highest BCUT2D eigenvalue weighted by Gasteiger charge is 2.12. The molecule has 1 heterocycles. The van der Waals surface area contributed by atoms with Crippen LogP contribution in [0.15, 0.2) is 83.2 Å². The van der Waals surface area contributed by atoms with Crippen molar-refractivity contribution in [1.82, 2.24) is 10.2 Å². The highest BCUT2D eigenvalue weighted by Crippen LogP contribution is 2.26. The van der Waals surface area contributed by atoms with E-state index in [4.69, 9.17) is 0 Å². The minimum Gasteiger partial charge on any atom is -0.325 e. The van der Waals surface area contributed by atoms with Crippen LogP contribution in [0.4, 0.5) is 10.8 Å². The quantitative estimate of drug-likeness (QED) is 0.281. The van der Waals surface area contributed by atoms with Gasteiger partial charge in [-0.25, -0.2) is 0 Å². The van der Waals surface area contributed by atoms with Crippen molar-refractivity contribution in [2.75, 3.05) is 16.4 Å². The fourth-order valence-corrected chi connectivity index (χ4v) is 4.53. The molecular formula is C24H20N4O2S2. The number of rotatable bonds is 7. The molecule has 0 atom stereocenters. The van der Waals surface area contributed by atoms with Crippen molar-refractivity contribution in [2.45, 2.75) is 11.3 Å². The van der Waals surface area contributed by atoms with Crippen molar-refractivity contribution < 1.29 is 9.59 Å². The first kappa shape index (κ1) is 21.7. The van der Waals surface area contributed by atoms with Gasteiger partial charge in [0.2, 0.25) is 11.0 Å². The second kappa shape index (κ2) is 10.2. The van der Waals surface area contributed by atoms with Crippen LogP contribution < -0.4 is 10.6 Å². The lowest BCUT2D eigenvalue weighted by molar-refractivity contribution is -0.113. The van der Waals surface area contributed by atoms with Gasteiger partial charge in [-0.3, -0.25) is 14.9 Å². The molecule has 0 unspecified atom stereocenters. The highest BCUT2D eigenvalue weighted by molar-refractivity contribution is 8.01.